The molecule has 0 aliphatic rings. The van der Waals surface area contributed by atoms with Gasteiger partial charge >= 0.3 is 0 Å². The van der Waals surface area contributed by atoms with Gasteiger partial charge in [-0.05, 0) is 31.5 Å². The molecular formula is C18H16ClN7O. The molecule has 136 valence electrons. The fourth-order valence-corrected chi connectivity index (χ4v) is 3.18. The predicted molar refractivity (Wildman–Crippen MR) is 103 cm³/mol. The molecule has 4 aromatic rings. The van der Waals surface area contributed by atoms with Crippen LogP contribution in [-0.2, 0) is 0 Å². The topological polar surface area (TPSA) is 103 Å². The molecule has 0 fully saturated rings. The number of anilines is 2. The smallest absolute Gasteiger partial charge is 0.262 e. The summed E-state index contributed by atoms with van der Waals surface area (Å²) < 4.78 is 3.12. The number of hydrogen-bond acceptors (Lipinski definition) is 5. The Morgan fingerprint density at radius 2 is 2.07 bits per heavy atom. The molecule has 4 rings (SSSR count). The Balaban J connectivity index is 1.75. The maximum absolute atomic E-state index is 12.8. The lowest BCUT2D eigenvalue weighted by molar-refractivity contribution is 0.102. The van der Waals surface area contributed by atoms with E-state index in [4.69, 9.17) is 17.3 Å². The molecule has 8 nitrogen and oxygen atoms in total. The van der Waals surface area contributed by atoms with Gasteiger partial charge in [-0.2, -0.15) is 10.2 Å². The van der Waals surface area contributed by atoms with Crippen LogP contribution in [0.4, 0.5) is 11.6 Å². The lowest BCUT2D eigenvalue weighted by atomic mass is 10.2. The van der Waals surface area contributed by atoms with Crippen molar-refractivity contribution in [1.29, 1.82) is 0 Å². The summed E-state index contributed by atoms with van der Waals surface area (Å²) in [5, 5.41) is 12.0. The van der Waals surface area contributed by atoms with Gasteiger partial charge in [-0.15, -0.1) is 0 Å². The summed E-state index contributed by atoms with van der Waals surface area (Å²) in [6.07, 6.45) is 3.10. The number of nitrogen functional groups attached to an aromatic ring is 1. The SMILES string of the molecule is Cc1cc(NC(=O)c2cnn3ccc(N)nc23)n(-c2c(C)cccc2Cl)n1. The molecule has 3 heterocycles. The Morgan fingerprint density at radius 3 is 2.85 bits per heavy atom. The largest absolute Gasteiger partial charge is 0.384 e. The zero-order chi connectivity index (χ0) is 19.1. The maximum atomic E-state index is 12.8. The van der Waals surface area contributed by atoms with Gasteiger partial charge in [-0.1, -0.05) is 23.7 Å². The van der Waals surface area contributed by atoms with Gasteiger partial charge in [0.05, 0.1) is 22.6 Å². The van der Waals surface area contributed by atoms with Crippen LogP contribution in [0.3, 0.4) is 0 Å². The molecule has 0 bridgehead atoms. The van der Waals surface area contributed by atoms with Crippen LogP contribution in [0.5, 0.6) is 0 Å². The van der Waals surface area contributed by atoms with E-state index in [0.29, 0.717) is 33.6 Å². The number of nitrogens with two attached hydrogens (primary N) is 1. The van der Waals surface area contributed by atoms with E-state index in [9.17, 15) is 4.79 Å². The lowest BCUT2D eigenvalue weighted by Crippen LogP contribution is -2.16. The molecule has 1 amide bonds. The number of rotatable bonds is 3. The van der Waals surface area contributed by atoms with Crippen molar-refractivity contribution >= 4 is 34.8 Å². The summed E-state index contributed by atoms with van der Waals surface area (Å²) in [6, 6.07) is 8.96. The van der Waals surface area contributed by atoms with E-state index in [2.05, 4.69) is 20.5 Å². The number of fused-ring (bicyclic) bond motifs is 1. The predicted octanol–water partition coefficient (Wildman–Crippen LogP) is 3.02. The number of nitrogens with one attached hydrogen (secondary N) is 1. The first-order valence-electron chi connectivity index (χ1n) is 8.17. The van der Waals surface area contributed by atoms with Crippen molar-refractivity contribution in [2.24, 2.45) is 0 Å². The van der Waals surface area contributed by atoms with Crippen LogP contribution in [0.25, 0.3) is 11.3 Å². The standard InChI is InChI=1S/C18H16ClN7O/c1-10-4-3-5-13(19)16(10)26-15(8-11(2)24-26)23-18(27)12-9-21-25-7-6-14(20)22-17(12)25/h3-9H,1-2H3,(H2,20,22)(H,23,27). The molecule has 1 aromatic carbocycles. The molecule has 0 unspecified atom stereocenters. The number of halogens is 1. The summed E-state index contributed by atoms with van der Waals surface area (Å²) in [4.78, 5) is 17.0. The molecule has 0 saturated heterocycles. The Hall–Kier alpha value is -3.39. The Morgan fingerprint density at radius 1 is 1.26 bits per heavy atom. The van der Waals surface area contributed by atoms with Gasteiger partial charge in [0.15, 0.2) is 5.65 Å². The van der Waals surface area contributed by atoms with Crippen molar-refractivity contribution in [3.05, 3.63) is 64.6 Å². The number of aryl methyl sites for hydroxylation is 2. The van der Waals surface area contributed by atoms with Crippen molar-refractivity contribution in [1.82, 2.24) is 24.4 Å². The third-order valence-electron chi connectivity index (χ3n) is 4.11. The van der Waals surface area contributed by atoms with Crippen molar-refractivity contribution in [3.63, 3.8) is 0 Å². The van der Waals surface area contributed by atoms with Gasteiger partial charge in [0, 0.05) is 12.3 Å². The minimum Gasteiger partial charge on any atom is -0.384 e. The van der Waals surface area contributed by atoms with Crippen LogP contribution in [0.1, 0.15) is 21.6 Å². The Bertz CT molecular complexity index is 1160. The van der Waals surface area contributed by atoms with Crippen molar-refractivity contribution in [2.75, 3.05) is 11.1 Å². The number of benzene rings is 1. The molecule has 0 saturated carbocycles. The lowest BCUT2D eigenvalue weighted by Gasteiger charge is -2.12. The average Bonchev–Trinajstić information content (AvgIpc) is 3.18. The zero-order valence-electron chi connectivity index (χ0n) is 14.6. The van der Waals surface area contributed by atoms with Crippen LogP contribution in [0.2, 0.25) is 5.02 Å². The number of nitrogens with zero attached hydrogens (tertiary/aromatic N) is 5. The van der Waals surface area contributed by atoms with E-state index < -0.39 is 0 Å². The molecule has 0 aliphatic carbocycles. The minimum atomic E-state index is -0.367. The van der Waals surface area contributed by atoms with Crippen LogP contribution in [-0.4, -0.2) is 30.3 Å². The first kappa shape index (κ1) is 17.0. The van der Waals surface area contributed by atoms with E-state index in [-0.39, 0.29) is 5.91 Å². The van der Waals surface area contributed by atoms with Gasteiger partial charge in [0.1, 0.15) is 17.2 Å². The van der Waals surface area contributed by atoms with Crippen LogP contribution in [0.15, 0.2) is 42.7 Å². The molecule has 0 atom stereocenters. The fraction of sp³-hybridized carbons (Fsp3) is 0.111. The van der Waals surface area contributed by atoms with Crippen molar-refractivity contribution < 1.29 is 4.79 Å². The van der Waals surface area contributed by atoms with E-state index in [0.717, 1.165) is 11.3 Å². The van der Waals surface area contributed by atoms with Gasteiger partial charge in [0.25, 0.3) is 5.91 Å². The van der Waals surface area contributed by atoms with Crippen LogP contribution < -0.4 is 11.1 Å². The number of amides is 1. The number of para-hydroxylation sites is 1. The molecule has 9 heteroatoms. The highest BCUT2D eigenvalue weighted by atomic mass is 35.5. The highest BCUT2D eigenvalue weighted by molar-refractivity contribution is 6.32. The first-order valence-corrected chi connectivity index (χ1v) is 8.55. The summed E-state index contributed by atoms with van der Waals surface area (Å²) in [6.45, 7) is 3.78. The van der Waals surface area contributed by atoms with Gasteiger partial charge in [0.2, 0.25) is 0 Å². The number of carbonyl (C=O) groups is 1. The molecule has 0 aliphatic heterocycles. The number of carbonyl (C=O) groups excluding carboxylic acids is 1. The second kappa shape index (κ2) is 6.40. The summed E-state index contributed by atoms with van der Waals surface area (Å²) in [5.74, 6) is 0.440. The molecule has 3 N–H and O–H groups in total. The highest BCUT2D eigenvalue weighted by Crippen LogP contribution is 2.27. The number of hydrogen-bond donors (Lipinski definition) is 2. The van der Waals surface area contributed by atoms with Crippen molar-refractivity contribution in [2.45, 2.75) is 13.8 Å². The minimum absolute atomic E-state index is 0.309. The molecular weight excluding hydrogens is 366 g/mol. The zero-order valence-corrected chi connectivity index (χ0v) is 15.4. The summed E-state index contributed by atoms with van der Waals surface area (Å²) in [5.41, 5.74) is 8.81. The van der Waals surface area contributed by atoms with E-state index >= 15 is 0 Å². The average molecular weight is 382 g/mol. The maximum Gasteiger partial charge on any atom is 0.262 e. The Labute approximate surface area is 159 Å². The quantitative estimate of drug-likeness (QED) is 0.567. The van der Waals surface area contributed by atoms with Crippen molar-refractivity contribution in [3.8, 4) is 5.69 Å². The summed E-state index contributed by atoms with van der Waals surface area (Å²) >= 11 is 6.37. The van der Waals surface area contributed by atoms with Gasteiger partial charge in [-0.25, -0.2) is 14.2 Å². The highest BCUT2D eigenvalue weighted by Gasteiger charge is 2.19. The monoisotopic (exact) mass is 381 g/mol. The second-order valence-corrected chi connectivity index (χ2v) is 6.53. The van der Waals surface area contributed by atoms with Gasteiger partial charge < -0.3 is 11.1 Å². The molecule has 0 spiro atoms. The second-order valence-electron chi connectivity index (χ2n) is 6.12. The normalized spacial score (nSPS) is 11.1. The molecule has 0 radical (unpaired) electrons. The fourth-order valence-electron chi connectivity index (χ4n) is 2.88. The van der Waals surface area contributed by atoms with E-state index in [1.165, 1.54) is 10.7 Å². The van der Waals surface area contributed by atoms with Crippen LogP contribution in [0, 0.1) is 13.8 Å². The van der Waals surface area contributed by atoms with E-state index in [1.807, 2.05) is 26.0 Å². The van der Waals surface area contributed by atoms with Crippen LogP contribution >= 0.6 is 11.6 Å². The molecule has 3 aromatic heterocycles. The van der Waals surface area contributed by atoms with Gasteiger partial charge in [-0.3, -0.25) is 4.79 Å². The third-order valence-corrected chi connectivity index (χ3v) is 4.41. The molecule has 27 heavy (non-hydrogen) atoms. The first-order chi connectivity index (χ1) is 12.9. The number of aromatic nitrogens is 5. The summed E-state index contributed by atoms with van der Waals surface area (Å²) in [7, 11) is 0. The van der Waals surface area contributed by atoms with E-state index in [1.54, 1.807) is 29.1 Å². The third kappa shape index (κ3) is 3.00. The Kier molecular flexibility index (Phi) is 4.04.